The SMILES string of the molecule is C.CC(=O)Nc1nc2ccc(Br)nc2s1.CC(Cl)Cl.CC1(C)OB(B2OC(C)(C)C(C)(C)O2)OC1(C)C.CCS(=O)(=O)N(c1cc(B2OC(C)(C)C(C)(C)O2)cnc1Cl)S(=O)(=O)CC.CCS(=O)(=O)N(c1cc(Br)cnc1Cl)S(=O)(=O)CC.CCS(=O)(=O)Nc1cc(-c2ccc3nc(NC(C)=O)sc3n2)cnc1Cl. The van der Waals surface area contributed by atoms with E-state index in [0.717, 1.165) is 15.0 Å². The lowest BCUT2D eigenvalue weighted by Gasteiger charge is -2.32. The van der Waals surface area contributed by atoms with Crippen molar-refractivity contribution in [2.75, 3.05) is 51.5 Å². The van der Waals surface area contributed by atoms with E-state index in [1.165, 1.54) is 102 Å². The molecule has 3 aliphatic rings. The summed E-state index contributed by atoms with van der Waals surface area (Å²) in [5, 5.41) is 5.90. The second kappa shape index (κ2) is 38.2. The van der Waals surface area contributed by atoms with Crippen molar-refractivity contribution in [3.63, 3.8) is 0 Å². The summed E-state index contributed by atoms with van der Waals surface area (Å²) >= 11 is 36.9. The number of alkyl halides is 2. The lowest BCUT2D eigenvalue weighted by atomic mass is 9.49. The number of anilines is 5. The molecule has 10 heterocycles. The van der Waals surface area contributed by atoms with Gasteiger partial charge in [0, 0.05) is 47.9 Å². The third-order valence-corrected chi connectivity index (χ3v) is 29.9. The van der Waals surface area contributed by atoms with Gasteiger partial charge in [-0.25, -0.2) is 77.0 Å². The molecule has 0 saturated carbocycles. The van der Waals surface area contributed by atoms with Gasteiger partial charge in [0.15, 0.2) is 25.7 Å². The number of hydrogen-bond acceptors (Lipinski definition) is 27. The lowest BCUT2D eigenvalue weighted by Crippen LogP contribution is -2.41. The molecule has 47 heteroatoms. The molecular formula is C62H88B3Br2Cl5N12O18S7. The van der Waals surface area contributed by atoms with Crippen LogP contribution in [-0.4, -0.2) is 177 Å². The molecule has 0 aliphatic carbocycles. The molecule has 109 heavy (non-hydrogen) atoms. The number of hydrogen-bond donors (Lipinski definition) is 3. The third-order valence-electron chi connectivity index (χ3n) is 16.6. The zero-order valence-electron chi connectivity index (χ0n) is 62.5. The molecule has 7 aromatic heterocycles. The van der Waals surface area contributed by atoms with Crippen LogP contribution in [0.1, 0.15) is 146 Å². The van der Waals surface area contributed by atoms with E-state index < -0.39 is 94.0 Å². The van der Waals surface area contributed by atoms with Crippen LogP contribution in [0.25, 0.3) is 32.0 Å². The summed E-state index contributed by atoms with van der Waals surface area (Å²) < 4.78 is 162. The van der Waals surface area contributed by atoms with Crippen molar-refractivity contribution in [1.82, 2.24) is 34.9 Å². The number of halogens is 7. The van der Waals surface area contributed by atoms with Crippen LogP contribution in [0.3, 0.4) is 0 Å². The van der Waals surface area contributed by atoms with Crippen LogP contribution in [0.15, 0.2) is 70.1 Å². The number of carbonyl (C=O) groups is 2. The molecule has 3 aliphatic heterocycles. The van der Waals surface area contributed by atoms with Gasteiger partial charge >= 0.3 is 21.1 Å². The Hall–Kier alpha value is -4.02. The maximum atomic E-state index is 12.5. The van der Waals surface area contributed by atoms with E-state index in [1.54, 1.807) is 25.1 Å². The topological polar surface area (TPSA) is 393 Å². The molecule has 0 aromatic carbocycles. The van der Waals surface area contributed by atoms with Crippen LogP contribution < -0.4 is 28.2 Å². The van der Waals surface area contributed by atoms with Crippen LogP contribution >= 0.6 is 113 Å². The van der Waals surface area contributed by atoms with Crippen molar-refractivity contribution < 1.29 is 79.6 Å². The summed E-state index contributed by atoms with van der Waals surface area (Å²) in [5.41, 5.74) is 0.0728. The Morgan fingerprint density at radius 2 is 0.872 bits per heavy atom. The predicted octanol–water partition coefficient (Wildman–Crippen LogP) is 13.8. The average molecular weight is 1880 g/mol. The molecule has 0 radical (unpaired) electrons. The molecule has 10 rings (SSSR count). The van der Waals surface area contributed by atoms with Gasteiger partial charge < -0.3 is 38.6 Å². The molecule has 0 bridgehead atoms. The number of rotatable bonds is 18. The first-order valence-corrected chi connectivity index (χ1v) is 45.9. The van der Waals surface area contributed by atoms with Crippen LogP contribution in [0, 0.1) is 0 Å². The number of fused-ring (bicyclic) bond motifs is 2. The smallest absolute Gasteiger partial charge is 0.405 e. The zero-order valence-corrected chi connectivity index (χ0v) is 75.2. The van der Waals surface area contributed by atoms with Crippen molar-refractivity contribution >= 4 is 249 Å². The van der Waals surface area contributed by atoms with Crippen LogP contribution in [0.5, 0.6) is 0 Å². The summed E-state index contributed by atoms with van der Waals surface area (Å²) in [6.45, 7) is 35.2. The standard InChI is InChI=1S/C15H24BClN2O6S2.C15H14ClN5O3S2.C12H24B2O4.C9H12BrClN2O4S2.C8H6BrN3OS.C2H4Cl2.CH4/c1-7-26(20,21)19(27(22,23)8-2)12-9-11(10-18-13(12)17)16-24-14(3,4)15(5,6)25-16;1-3-26(23,24)21-12-6-9(7-17-13(12)16)10-4-5-11-14(19-10)25-15(20-11)18-8(2)22;1-9(2)10(3,4)16-13(15-9)14-17-11(5,6)12(7,8)18-14;1-3-18(14,15)13(19(16,17)4-2)8-5-7(10)6-12-9(8)11;1-4(13)10-8-11-5-2-3-6(9)12-7(5)14-8;1-2(3)4;/h9-10H,7-8H2,1-6H3;4-7,21H,3H2,1-2H3,(H,18,20,22);1-8H3;5-6H,3-4H2,1-2H3;2-3H,1H3,(H,10,11,13);2H,1H3;1H4. The van der Waals surface area contributed by atoms with Crippen molar-refractivity contribution in [2.45, 2.75) is 184 Å². The van der Waals surface area contributed by atoms with Crippen LogP contribution in [0.4, 0.5) is 27.3 Å². The highest BCUT2D eigenvalue weighted by molar-refractivity contribution is 9.10. The number of nitrogens with zero attached hydrogens (tertiary/aromatic N) is 9. The van der Waals surface area contributed by atoms with Crippen molar-refractivity contribution in [2.24, 2.45) is 0 Å². The van der Waals surface area contributed by atoms with Crippen LogP contribution in [-0.2, 0) is 87.6 Å². The van der Waals surface area contributed by atoms with Gasteiger partial charge in [-0.15, -0.1) is 23.2 Å². The molecule has 3 N–H and O–H groups in total. The fourth-order valence-corrected chi connectivity index (χ4v) is 19.4. The number of aromatic nitrogens is 7. The highest BCUT2D eigenvalue weighted by Gasteiger charge is 2.64. The van der Waals surface area contributed by atoms with Crippen molar-refractivity contribution in [1.29, 1.82) is 0 Å². The first-order chi connectivity index (χ1) is 49.4. The monoisotopic (exact) mass is 1880 g/mol. The first kappa shape index (κ1) is 97.4. The average Bonchev–Trinajstić information content (AvgIpc) is 1.72. The molecule has 3 fully saturated rings. The molecular weight excluding hydrogens is 1790 g/mol. The second-order valence-electron chi connectivity index (χ2n) is 26.3. The largest absolute Gasteiger partial charge is 0.496 e. The molecule has 30 nitrogen and oxygen atoms in total. The van der Waals surface area contributed by atoms with E-state index in [0.29, 0.717) is 49.2 Å². The minimum Gasteiger partial charge on any atom is -0.405 e. The minimum atomic E-state index is -4.15. The Kier molecular flexibility index (Phi) is 34.1. The van der Waals surface area contributed by atoms with Gasteiger partial charge in [0.25, 0.3) is 0 Å². The Bertz CT molecular complexity index is 4860. The second-order valence-corrected chi connectivity index (χ2v) is 43.5. The normalized spacial score (nSPS) is 16.6. The predicted molar refractivity (Wildman–Crippen MR) is 447 cm³/mol. The zero-order chi connectivity index (χ0) is 82.3. The Balaban J connectivity index is 0.000000288. The maximum Gasteiger partial charge on any atom is 0.496 e. The number of nitrogens with one attached hydrogen (secondary N) is 3. The van der Waals surface area contributed by atoms with E-state index in [4.69, 9.17) is 85.9 Å². The Morgan fingerprint density at radius 3 is 1.26 bits per heavy atom. The van der Waals surface area contributed by atoms with E-state index in [9.17, 15) is 51.7 Å². The summed E-state index contributed by atoms with van der Waals surface area (Å²) in [5.74, 6) is -1.97. The van der Waals surface area contributed by atoms with Crippen molar-refractivity contribution in [3.8, 4) is 11.3 Å². The van der Waals surface area contributed by atoms with Gasteiger partial charge in [0.2, 0.25) is 61.9 Å². The quantitative estimate of drug-likeness (QED) is 0.0408. The third kappa shape index (κ3) is 25.5. The Morgan fingerprint density at radius 1 is 0.514 bits per heavy atom. The van der Waals surface area contributed by atoms with Gasteiger partial charge in [0.1, 0.15) is 41.5 Å². The molecule has 604 valence electrons. The molecule has 0 atom stereocenters. The Labute approximate surface area is 690 Å². The summed E-state index contributed by atoms with van der Waals surface area (Å²) in [4.78, 5) is 52.1. The first-order valence-electron chi connectivity index (χ1n) is 32.6. The van der Waals surface area contributed by atoms with Gasteiger partial charge in [-0.2, -0.15) is 7.42 Å². The number of amides is 2. The molecule has 3 saturated heterocycles. The summed E-state index contributed by atoms with van der Waals surface area (Å²) in [7, 11) is -21.6. The number of carbonyl (C=O) groups excluding carboxylic acids is 2. The lowest BCUT2D eigenvalue weighted by molar-refractivity contribution is -0.115. The molecule has 2 amide bonds. The maximum absolute atomic E-state index is 12.5. The van der Waals surface area contributed by atoms with E-state index in [2.05, 4.69) is 82.1 Å². The van der Waals surface area contributed by atoms with E-state index >= 15 is 0 Å². The molecule has 0 spiro atoms. The van der Waals surface area contributed by atoms with Crippen LogP contribution in [0.2, 0.25) is 15.5 Å². The fourth-order valence-electron chi connectivity index (χ4n) is 8.72. The van der Waals surface area contributed by atoms with Gasteiger partial charge in [-0.05, 0) is 199 Å². The molecule has 0 unspecified atom stereocenters. The summed E-state index contributed by atoms with van der Waals surface area (Å²) in [6.07, 6.45) is 4.24. The highest BCUT2D eigenvalue weighted by atomic mass is 79.9. The van der Waals surface area contributed by atoms with Gasteiger partial charge in [-0.1, -0.05) is 64.9 Å². The fraction of sp³-hybridized carbons (Fsp3) is 0.532. The van der Waals surface area contributed by atoms with Crippen molar-refractivity contribution in [3.05, 3.63) is 85.6 Å². The number of thiazole rings is 2. The minimum absolute atomic E-state index is 0. The van der Waals surface area contributed by atoms with E-state index in [1.807, 2.05) is 95.2 Å². The van der Waals surface area contributed by atoms with Gasteiger partial charge in [0.05, 0.1) is 73.8 Å². The summed E-state index contributed by atoms with van der Waals surface area (Å²) in [6, 6.07) is 11.4. The van der Waals surface area contributed by atoms with E-state index in [-0.39, 0.29) is 96.3 Å². The highest BCUT2D eigenvalue weighted by Crippen LogP contribution is 2.44. The number of sulfonamides is 5. The number of pyridine rings is 5. The molecule has 7 aromatic rings. The van der Waals surface area contributed by atoms with Gasteiger partial charge in [-0.3, -0.25) is 14.3 Å².